The van der Waals surface area contributed by atoms with Crippen LogP contribution >= 0.6 is 27.5 Å². The van der Waals surface area contributed by atoms with E-state index in [1.165, 1.54) is 0 Å². The van der Waals surface area contributed by atoms with Crippen LogP contribution in [0.25, 0.3) is 10.9 Å². The average molecular weight is 315 g/mol. The molecule has 1 aromatic heterocycles. The molecule has 88 valence electrons. The van der Waals surface area contributed by atoms with Crippen LogP contribution in [0.4, 0.5) is 5.82 Å². The number of hydrogen-bond acceptors (Lipinski definition) is 4. The number of halogens is 2. The maximum absolute atomic E-state index is 6.25. The molecule has 0 atom stereocenters. The second-order valence-corrected chi connectivity index (χ2v) is 5.10. The second-order valence-electron chi connectivity index (χ2n) is 3.86. The van der Waals surface area contributed by atoms with Crippen molar-refractivity contribution in [2.24, 2.45) is 0 Å². The fourth-order valence-electron chi connectivity index (χ4n) is 1.93. The average Bonchev–Trinajstić information content (AvgIpc) is 2.48. The molecule has 0 saturated carbocycles. The van der Waals surface area contributed by atoms with Crippen molar-refractivity contribution in [3.05, 3.63) is 21.9 Å². The van der Waals surface area contributed by atoms with Crippen LogP contribution in [0, 0.1) is 0 Å². The number of rotatable bonds is 0. The van der Waals surface area contributed by atoms with E-state index in [0.717, 1.165) is 27.7 Å². The van der Waals surface area contributed by atoms with Gasteiger partial charge in [-0.05, 0) is 22.0 Å². The normalized spacial score (nSPS) is 14.6. The number of aromatic nitrogens is 2. The van der Waals surface area contributed by atoms with Gasteiger partial charge < -0.3 is 9.64 Å². The summed E-state index contributed by atoms with van der Waals surface area (Å²) in [7, 11) is 1.98. The number of anilines is 1. The zero-order chi connectivity index (χ0) is 12.0. The molecule has 0 amide bonds. The fourth-order valence-corrected chi connectivity index (χ4v) is 2.53. The van der Waals surface area contributed by atoms with Gasteiger partial charge in [-0.25, -0.2) is 9.97 Å². The van der Waals surface area contributed by atoms with Crippen molar-refractivity contribution in [2.45, 2.75) is 0 Å². The highest BCUT2D eigenvalue weighted by molar-refractivity contribution is 9.10. The molecule has 6 heteroatoms. The molecule has 2 heterocycles. The first kappa shape index (κ1) is 11.0. The Hall–Kier alpha value is -1.07. The summed E-state index contributed by atoms with van der Waals surface area (Å²) in [6, 6.07) is 1.88. The summed E-state index contributed by atoms with van der Waals surface area (Å²) >= 11 is 9.66. The van der Waals surface area contributed by atoms with Crippen LogP contribution in [0.3, 0.4) is 0 Å². The van der Waals surface area contributed by atoms with E-state index in [1.54, 1.807) is 6.33 Å². The number of benzene rings is 1. The molecule has 3 rings (SSSR count). The van der Waals surface area contributed by atoms with E-state index in [9.17, 15) is 0 Å². The van der Waals surface area contributed by atoms with Gasteiger partial charge in [-0.3, -0.25) is 0 Å². The standard InChI is InChI=1S/C11H9BrClN3O/c1-16-2-3-17-10-8-7(4-6(12)9(10)13)14-5-15-11(8)16/h4-5H,2-3H2,1H3. The van der Waals surface area contributed by atoms with E-state index in [-0.39, 0.29) is 0 Å². The van der Waals surface area contributed by atoms with Gasteiger partial charge in [0.05, 0.1) is 22.5 Å². The summed E-state index contributed by atoms with van der Waals surface area (Å²) in [6.45, 7) is 1.35. The van der Waals surface area contributed by atoms with Gasteiger partial charge in [0.2, 0.25) is 0 Å². The molecule has 0 N–H and O–H groups in total. The lowest BCUT2D eigenvalue weighted by atomic mass is 10.2. The third-order valence-electron chi connectivity index (χ3n) is 2.79. The topological polar surface area (TPSA) is 38.2 Å². The number of hydrogen-bond donors (Lipinski definition) is 0. The van der Waals surface area contributed by atoms with Gasteiger partial charge in [0.1, 0.15) is 18.8 Å². The molecule has 0 unspecified atom stereocenters. The minimum Gasteiger partial charge on any atom is -0.489 e. The maximum atomic E-state index is 6.25. The van der Waals surface area contributed by atoms with E-state index in [2.05, 4.69) is 25.9 Å². The molecule has 0 fully saturated rings. The summed E-state index contributed by atoms with van der Waals surface area (Å²) in [4.78, 5) is 10.6. The molecule has 0 saturated heterocycles. The van der Waals surface area contributed by atoms with Crippen molar-refractivity contribution in [2.75, 3.05) is 25.1 Å². The van der Waals surface area contributed by atoms with Gasteiger partial charge in [0.25, 0.3) is 0 Å². The highest BCUT2D eigenvalue weighted by atomic mass is 79.9. The Labute approximate surface area is 112 Å². The van der Waals surface area contributed by atoms with Gasteiger partial charge in [-0.15, -0.1) is 0 Å². The first-order chi connectivity index (χ1) is 8.18. The van der Waals surface area contributed by atoms with Crippen molar-refractivity contribution in [1.29, 1.82) is 0 Å². The molecule has 1 aliphatic heterocycles. The quantitative estimate of drug-likeness (QED) is 0.749. The van der Waals surface area contributed by atoms with Crippen LogP contribution in [0.2, 0.25) is 5.02 Å². The highest BCUT2D eigenvalue weighted by Crippen LogP contribution is 2.42. The molecule has 17 heavy (non-hydrogen) atoms. The van der Waals surface area contributed by atoms with E-state index in [4.69, 9.17) is 16.3 Å². The third kappa shape index (κ3) is 1.65. The lowest BCUT2D eigenvalue weighted by Gasteiger charge is -2.15. The molecule has 1 aliphatic rings. The zero-order valence-corrected chi connectivity index (χ0v) is 11.4. The monoisotopic (exact) mass is 313 g/mol. The Morgan fingerprint density at radius 3 is 3.12 bits per heavy atom. The number of ether oxygens (including phenoxy) is 1. The van der Waals surface area contributed by atoms with Gasteiger partial charge >= 0.3 is 0 Å². The van der Waals surface area contributed by atoms with Crippen LogP contribution in [0.5, 0.6) is 5.75 Å². The van der Waals surface area contributed by atoms with Gasteiger partial charge in [0, 0.05) is 11.5 Å². The first-order valence-corrected chi connectivity index (χ1v) is 6.32. The molecule has 0 spiro atoms. The largest absolute Gasteiger partial charge is 0.489 e. The molecule has 0 aliphatic carbocycles. The molecule has 2 aromatic rings. The summed E-state index contributed by atoms with van der Waals surface area (Å²) in [6.07, 6.45) is 1.56. The molecular formula is C11H9BrClN3O. The summed E-state index contributed by atoms with van der Waals surface area (Å²) < 4.78 is 6.51. The Morgan fingerprint density at radius 2 is 2.29 bits per heavy atom. The van der Waals surface area contributed by atoms with Crippen LogP contribution in [0.1, 0.15) is 0 Å². The fraction of sp³-hybridized carbons (Fsp3) is 0.273. The van der Waals surface area contributed by atoms with E-state index in [0.29, 0.717) is 17.4 Å². The molecule has 4 nitrogen and oxygen atoms in total. The number of nitrogens with zero attached hydrogens (tertiary/aromatic N) is 3. The first-order valence-electron chi connectivity index (χ1n) is 5.15. The van der Waals surface area contributed by atoms with Crippen LogP contribution in [-0.4, -0.2) is 30.2 Å². The smallest absolute Gasteiger partial charge is 0.152 e. The van der Waals surface area contributed by atoms with Crippen molar-refractivity contribution in [3.8, 4) is 5.75 Å². The van der Waals surface area contributed by atoms with Gasteiger partial charge in [0.15, 0.2) is 5.75 Å². The Morgan fingerprint density at radius 1 is 1.47 bits per heavy atom. The van der Waals surface area contributed by atoms with Crippen LogP contribution in [-0.2, 0) is 0 Å². The van der Waals surface area contributed by atoms with Crippen molar-refractivity contribution < 1.29 is 4.74 Å². The molecule has 1 aromatic carbocycles. The lowest BCUT2D eigenvalue weighted by molar-refractivity contribution is 0.333. The summed E-state index contributed by atoms with van der Waals surface area (Å²) in [5.74, 6) is 1.52. The Balaban J connectivity index is 2.46. The SMILES string of the molecule is CN1CCOc2c(Cl)c(Br)cc3ncnc1c23. The Bertz CT molecular complexity index is 605. The lowest BCUT2D eigenvalue weighted by Crippen LogP contribution is -2.22. The summed E-state index contributed by atoms with van der Waals surface area (Å²) in [5.41, 5.74) is 0.829. The predicted molar refractivity (Wildman–Crippen MR) is 71.0 cm³/mol. The predicted octanol–water partition coefficient (Wildman–Crippen LogP) is 2.87. The van der Waals surface area contributed by atoms with Crippen molar-refractivity contribution >= 4 is 44.3 Å². The van der Waals surface area contributed by atoms with E-state index in [1.807, 2.05) is 18.0 Å². The maximum Gasteiger partial charge on any atom is 0.152 e. The van der Waals surface area contributed by atoms with Crippen LogP contribution in [0.15, 0.2) is 16.9 Å². The molecular weight excluding hydrogens is 305 g/mol. The highest BCUT2D eigenvalue weighted by Gasteiger charge is 2.21. The van der Waals surface area contributed by atoms with Crippen LogP contribution < -0.4 is 9.64 Å². The minimum absolute atomic E-state index is 0.573. The zero-order valence-electron chi connectivity index (χ0n) is 9.07. The van der Waals surface area contributed by atoms with E-state index >= 15 is 0 Å². The third-order valence-corrected chi connectivity index (χ3v) is 4.02. The van der Waals surface area contributed by atoms with Crippen molar-refractivity contribution in [3.63, 3.8) is 0 Å². The molecule has 0 bridgehead atoms. The van der Waals surface area contributed by atoms with Gasteiger partial charge in [-0.2, -0.15) is 0 Å². The molecule has 0 radical (unpaired) electrons. The Kier molecular flexibility index (Phi) is 2.60. The van der Waals surface area contributed by atoms with Gasteiger partial charge in [-0.1, -0.05) is 11.6 Å². The minimum atomic E-state index is 0.573. The second kappa shape index (κ2) is 3.99. The summed E-state index contributed by atoms with van der Waals surface area (Å²) in [5, 5.41) is 1.45. The number of likely N-dealkylation sites (N-methyl/N-ethyl adjacent to an activating group) is 1. The van der Waals surface area contributed by atoms with Crippen molar-refractivity contribution in [1.82, 2.24) is 9.97 Å². The van der Waals surface area contributed by atoms with E-state index < -0.39 is 0 Å².